The van der Waals surface area contributed by atoms with Crippen molar-refractivity contribution >= 4 is 7.60 Å². The van der Waals surface area contributed by atoms with E-state index in [-0.39, 0.29) is 19.8 Å². The van der Waals surface area contributed by atoms with Crippen LogP contribution in [0.1, 0.15) is 67.1 Å². The molecule has 2 atom stereocenters. The van der Waals surface area contributed by atoms with Crippen LogP contribution in [0, 0.1) is 5.41 Å². The average Bonchev–Trinajstić information content (AvgIpc) is 2.57. The van der Waals surface area contributed by atoms with Crippen LogP contribution in [0.15, 0.2) is 30.3 Å². The molecule has 1 rings (SSSR count). The molecule has 1 aromatic rings. The summed E-state index contributed by atoms with van der Waals surface area (Å²) in [5.41, 5.74) is -0.164. The molecule has 0 radical (unpaired) electrons. The molecule has 0 aliphatic heterocycles. The molecule has 1 aromatic carbocycles. The van der Waals surface area contributed by atoms with Crippen molar-refractivity contribution in [2.24, 2.45) is 5.41 Å². The summed E-state index contributed by atoms with van der Waals surface area (Å²) >= 11 is 0. The first-order chi connectivity index (χ1) is 12.9. The number of aliphatic hydroxyl groups is 1. The predicted octanol–water partition coefficient (Wildman–Crippen LogP) is 5.39. The van der Waals surface area contributed by atoms with Crippen molar-refractivity contribution in [3.8, 4) is 0 Å². The minimum atomic E-state index is -3.54. The third kappa shape index (κ3) is 6.65. The summed E-state index contributed by atoms with van der Waals surface area (Å²) in [7, 11) is -3.54. The Hall–Kier alpha value is -0.750. The van der Waals surface area contributed by atoms with Gasteiger partial charge in [0.25, 0.3) is 0 Å². The first-order valence-corrected chi connectivity index (χ1v) is 11.5. The van der Waals surface area contributed by atoms with Crippen molar-refractivity contribution in [2.75, 3.05) is 19.8 Å². The quantitative estimate of drug-likeness (QED) is 0.408. The molecule has 162 valence electrons. The summed E-state index contributed by atoms with van der Waals surface area (Å²) < 4.78 is 25.2. The summed E-state index contributed by atoms with van der Waals surface area (Å²) in [5, 5.41) is 11.7. The Morgan fingerprint density at radius 3 is 1.86 bits per heavy atom. The molecule has 0 heterocycles. The van der Waals surface area contributed by atoms with Gasteiger partial charge in [0.05, 0.1) is 19.8 Å². The number of rotatable bonds is 10. The van der Waals surface area contributed by atoms with Crippen LogP contribution in [-0.4, -0.2) is 41.3 Å². The molecule has 0 aliphatic rings. The first-order valence-electron chi connectivity index (χ1n) is 9.91. The standard InChI is InChI=1S/C21H38NO5P/c1-9-25-28(24,26-10-2)19(20(3,4)5)22(21(6,7)8)27-18(16-23)17-14-12-11-13-15-17/h11-15,18-19,23H,9-10,16H2,1-8H3/t18-,19+/m0/s1. The van der Waals surface area contributed by atoms with Gasteiger partial charge in [0.15, 0.2) is 0 Å². The molecule has 0 spiro atoms. The Morgan fingerprint density at radius 2 is 1.50 bits per heavy atom. The van der Waals surface area contributed by atoms with Crippen molar-refractivity contribution in [3.05, 3.63) is 35.9 Å². The van der Waals surface area contributed by atoms with Gasteiger partial charge in [-0.15, -0.1) is 0 Å². The minimum absolute atomic E-state index is 0.207. The van der Waals surface area contributed by atoms with Crippen molar-refractivity contribution in [3.63, 3.8) is 0 Å². The maximum absolute atomic E-state index is 13.8. The largest absolute Gasteiger partial charge is 0.393 e. The number of hydroxylamine groups is 2. The van der Waals surface area contributed by atoms with E-state index in [0.29, 0.717) is 0 Å². The topological polar surface area (TPSA) is 68.2 Å². The summed E-state index contributed by atoms with van der Waals surface area (Å²) in [6.07, 6.45) is -0.595. The molecular weight excluding hydrogens is 377 g/mol. The van der Waals surface area contributed by atoms with Gasteiger partial charge >= 0.3 is 7.60 Å². The summed E-state index contributed by atoms with van der Waals surface area (Å²) in [6, 6.07) is 9.51. The third-order valence-electron chi connectivity index (χ3n) is 4.15. The Kier molecular flexibility index (Phi) is 9.33. The van der Waals surface area contributed by atoms with Gasteiger partial charge in [-0.05, 0) is 45.6 Å². The van der Waals surface area contributed by atoms with E-state index >= 15 is 0 Å². The molecule has 0 saturated heterocycles. The fourth-order valence-corrected chi connectivity index (χ4v) is 5.76. The molecule has 0 fully saturated rings. The van der Waals surface area contributed by atoms with E-state index < -0.39 is 30.4 Å². The van der Waals surface area contributed by atoms with Gasteiger partial charge in [-0.25, -0.2) is 0 Å². The van der Waals surface area contributed by atoms with Crippen molar-refractivity contribution in [1.82, 2.24) is 5.06 Å². The fraction of sp³-hybridized carbons (Fsp3) is 0.714. The molecular formula is C21H38NO5P. The maximum atomic E-state index is 13.8. The highest BCUT2D eigenvalue weighted by molar-refractivity contribution is 7.54. The second kappa shape index (κ2) is 10.3. The summed E-state index contributed by atoms with van der Waals surface area (Å²) in [5.74, 6) is -0.669. The number of aliphatic hydroxyl groups excluding tert-OH is 1. The molecule has 28 heavy (non-hydrogen) atoms. The number of hydrogen-bond donors (Lipinski definition) is 1. The summed E-state index contributed by atoms with van der Waals surface area (Å²) in [4.78, 5) is 6.33. The molecule has 0 aromatic heterocycles. The van der Waals surface area contributed by atoms with E-state index in [4.69, 9.17) is 13.9 Å². The lowest BCUT2D eigenvalue weighted by atomic mass is 9.94. The predicted molar refractivity (Wildman–Crippen MR) is 113 cm³/mol. The maximum Gasteiger partial charge on any atom is 0.350 e. The van der Waals surface area contributed by atoms with E-state index in [9.17, 15) is 9.67 Å². The van der Waals surface area contributed by atoms with E-state index in [2.05, 4.69) is 0 Å². The van der Waals surface area contributed by atoms with E-state index in [1.54, 1.807) is 18.9 Å². The molecule has 0 unspecified atom stereocenters. The normalized spacial score (nSPS) is 15.6. The SMILES string of the molecule is CCOP(=O)(OCC)[C@@H](N(O[C@@H](CO)c1ccccc1)C(C)(C)C)C(C)(C)C. The zero-order valence-electron chi connectivity index (χ0n) is 18.6. The van der Waals surface area contributed by atoms with Crippen LogP contribution < -0.4 is 0 Å². The van der Waals surface area contributed by atoms with Crippen LogP contribution in [0.25, 0.3) is 0 Å². The number of nitrogens with zero attached hydrogens (tertiary/aromatic N) is 1. The van der Waals surface area contributed by atoms with Gasteiger partial charge in [0.2, 0.25) is 0 Å². The van der Waals surface area contributed by atoms with E-state index in [1.807, 2.05) is 71.9 Å². The smallest absolute Gasteiger partial charge is 0.350 e. The van der Waals surface area contributed by atoms with Gasteiger partial charge in [-0.3, -0.25) is 9.40 Å². The highest BCUT2D eigenvalue weighted by atomic mass is 31.2. The molecule has 0 aliphatic carbocycles. The monoisotopic (exact) mass is 415 g/mol. The molecule has 6 nitrogen and oxygen atoms in total. The van der Waals surface area contributed by atoms with Crippen LogP contribution >= 0.6 is 7.60 Å². The molecule has 0 saturated carbocycles. The van der Waals surface area contributed by atoms with Gasteiger partial charge in [0, 0.05) is 5.54 Å². The van der Waals surface area contributed by atoms with Crippen LogP contribution in [0.4, 0.5) is 0 Å². The second-order valence-electron chi connectivity index (χ2n) is 8.80. The number of benzene rings is 1. The zero-order valence-corrected chi connectivity index (χ0v) is 19.5. The Bertz CT molecular complexity index is 614. The lowest BCUT2D eigenvalue weighted by Crippen LogP contribution is -2.54. The molecule has 0 amide bonds. The highest BCUT2D eigenvalue weighted by Gasteiger charge is 2.51. The van der Waals surface area contributed by atoms with Crippen molar-refractivity contribution in [1.29, 1.82) is 0 Å². The molecule has 0 bridgehead atoms. The lowest BCUT2D eigenvalue weighted by Gasteiger charge is -2.48. The Balaban J connectivity index is 3.45. The Labute approximate surface area is 170 Å². The average molecular weight is 416 g/mol. The lowest BCUT2D eigenvalue weighted by molar-refractivity contribution is -0.274. The minimum Gasteiger partial charge on any atom is -0.393 e. The summed E-state index contributed by atoms with van der Waals surface area (Å²) in [6.45, 7) is 15.8. The Morgan fingerprint density at radius 1 is 1.00 bits per heavy atom. The number of hydrogen-bond acceptors (Lipinski definition) is 6. The van der Waals surface area contributed by atoms with Crippen molar-refractivity contribution < 1.29 is 23.6 Å². The van der Waals surface area contributed by atoms with Crippen molar-refractivity contribution in [2.45, 2.75) is 72.8 Å². The van der Waals surface area contributed by atoms with E-state index in [0.717, 1.165) is 5.56 Å². The molecule has 1 N–H and O–H groups in total. The van der Waals surface area contributed by atoms with Crippen LogP contribution in [0.5, 0.6) is 0 Å². The first kappa shape index (κ1) is 25.3. The van der Waals surface area contributed by atoms with Gasteiger partial charge in [0.1, 0.15) is 11.9 Å². The van der Waals surface area contributed by atoms with Crippen LogP contribution in [-0.2, 0) is 18.5 Å². The zero-order chi connectivity index (χ0) is 21.6. The van der Waals surface area contributed by atoms with Crippen LogP contribution in [0.2, 0.25) is 0 Å². The van der Waals surface area contributed by atoms with Gasteiger partial charge in [-0.1, -0.05) is 51.1 Å². The second-order valence-corrected chi connectivity index (χ2v) is 10.9. The fourth-order valence-electron chi connectivity index (χ4n) is 3.08. The van der Waals surface area contributed by atoms with Gasteiger partial charge in [-0.2, -0.15) is 5.06 Å². The van der Waals surface area contributed by atoms with Crippen LogP contribution in [0.3, 0.4) is 0 Å². The van der Waals surface area contributed by atoms with E-state index in [1.165, 1.54) is 0 Å². The molecule has 7 heteroatoms. The highest BCUT2D eigenvalue weighted by Crippen LogP contribution is 2.61. The van der Waals surface area contributed by atoms with Gasteiger partial charge < -0.3 is 14.2 Å². The third-order valence-corrected chi connectivity index (χ3v) is 6.97.